The summed E-state index contributed by atoms with van der Waals surface area (Å²) in [5.41, 5.74) is 0. The van der Waals surface area contributed by atoms with E-state index in [1.807, 2.05) is 0 Å². The van der Waals surface area contributed by atoms with Crippen molar-refractivity contribution in [1.82, 2.24) is 0 Å². The van der Waals surface area contributed by atoms with Crippen LogP contribution in [-0.4, -0.2) is 4.99 Å². The van der Waals surface area contributed by atoms with E-state index in [4.69, 9.17) is 18.8 Å². The number of rotatable bonds is 4. The highest BCUT2D eigenvalue weighted by molar-refractivity contribution is 7.80. The summed E-state index contributed by atoms with van der Waals surface area (Å²) in [6.07, 6.45) is 4.28. The summed E-state index contributed by atoms with van der Waals surface area (Å²) in [7, 11) is 0. The van der Waals surface area contributed by atoms with Gasteiger partial charge in [-0.05, 0) is 6.42 Å². The Labute approximate surface area is 61.9 Å². The molecule has 9 heavy (non-hydrogen) atoms. The van der Waals surface area contributed by atoms with Crippen molar-refractivity contribution in [2.45, 2.75) is 32.6 Å². The SMILES string of the molecule is [C-]#[N+]C(=S)CCCCC. The Balaban J connectivity index is 3.10. The molecule has 0 rings (SSSR count). The molecule has 50 valence electrons. The van der Waals surface area contributed by atoms with Crippen LogP contribution >= 0.6 is 12.2 Å². The zero-order valence-electron chi connectivity index (χ0n) is 5.68. The van der Waals surface area contributed by atoms with Gasteiger partial charge in [0.1, 0.15) is 0 Å². The summed E-state index contributed by atoms with van der Waals surface area (Å²) in [5, 5.41) is 0. The molecule has 0 aliphatic heterocycles. The van der Waals surface area contributed by atoms with Gasteiger partial charge in [-0.2, -0.15) is 0 Å². The van der Waals surface area contributed by atoms with Gasteiger partial charge in [-0.3, -0.25) is 0 Å². The lowest BCUT2D eigenvalue weighted by Gasteiger charge is -1.91. The van der Waals surface area contributed by atoms with Crippen LogP contribution in [0.3, 0.4) is 0 Å². The fraction of sp³-hybridized carbons (Fsp3) is 0.714. The maximum absolute atomic E-state index is 6.53. The summed E-state index contributed by atoms with van der Waals surface area (Å²) >= 11 is 4.71. The van der Waals surface area contributed by atoms with Crippen LogP contribution in [0.2, 0.25) is 0 Å². The molecule has 0 unspecified atom stereocenters. The molecule has 0 radical (unpaired) electrons. The molecule has 0 atom stereocenters. The normalized spacial score (nSPS) is 8.44. The molecular formula is C7H11NS. The van der Waals surface area contributed by atoms with E-state index in [9.17, 15) is 0 Å². The van der Waals surface area contributed by atoms with Gasteiger partial charge in [0.25, 0.3) is 0 Å². The number of hydrogen-bond acceptors (Lipinski definition) is 1. The van der Waals surface area contributed by atoms with E-state index in [1.54, 1.807) is 0 Å². The van der Waals surface area contributed by atoms with E-state index in [2.05, 4.69) is 11.8 Å². The van der Waals surface area contributed by atoms with Crippen molar-refractivity contribution in [1.29, 1.82) is 0 Å². The molecule has 0 aromatic carbocycles. The molecule has 0 amide bonds. The van der Waals surface area contributed by atoms with E-state index in [-0.39, 0.29) is 0 Å². The number of thiocarbonyl (C=S) groups is 1. The van der Waals surface area contributed by atoms with E-state index in [0.717, 1.165) is 12.8 Å². The minimum absolute atomic E-state index is 0.531. The second-order valence-corrected chi connectivity index (χ2v) is 2.43. The third kappa shape index (κ3) is 5.45. The van der Waals surface area contributed by atoms with Gasteiger partial charge in [-0.15, -0.1) is 12.2 Å². The van der Waals surface area contributed by atoms with Crippen LogP contribution in [0.5, 0.6) is 0 Å². The van der Waals surface area contributed by atoms with Crippen molar-refractivity contribution >= 4 is 17.2 Å². The second-order valence-electron chi connectivity index (χ2n) is 1.96. The average Bonchev–Trinajstić information content (AvgIpc) is 1.89. The first-order valence-electron chi connectivity index (χ1n) is 3.21. The Bertz CT molecular complexity index is 123. The Kier molecular flexibility index (Phi) is 5.45. The molecule has 0 N–H and O–H groups in total. The van der Waals surface area contributed by atoms with Gasteiger partial charge in [0.05, 0.1) is 6.57 Å². The van der Waals surface area contributed by atoms with Crippen molar-refractivity contribution in [3.05, 3.63) is 11.4 Å². The molecule has 0 fully saturated rings. The zero-order valence-corrected chi connectivity index (χ0v) is 6.50. The smallest absolute Gasteiger partial charge is 0.227 e. The minimum Gasteiger partial charge on any atom is -0.231 e. The van der Waals surface area contributed by atoms with Crippen LogP contribution in [0.1, 0.15) is 32.6 Å². The summed E-state index contributed by atoms with van der Waals surface area (Å²) < 4.78 is 0. The summed E-state index contributed by atoms with van der Waals surface area (Å²) in [6.45, 7) is 8.67. The fourth-order valence-corrected chi connectivity index (χ4v) is 0.726. The number of hydrogen-bond donors (Lipinski definition) is 0. The minimum atomic E-state index is 0.531. The second kappa shape index (κ2) is 5.71. The molecule has 0 saturated carbocycles. The highest BCUT2D eigenvalue weighted by atomic mass is 32.1. The van der Waals surface area contributed by atoms with Crippen molar-refractivity contribution < 1.29 is 0 Å². The molecule has 0 aromatic rings. The first-order valence-corrected chi connectivity index (χ1v) is 3.62. The summed E-state index contributed by atoms with van der Waals surface area (Å²) in [5.74, 6) is 0. The van der Waals surface area contributed by atoms with E-state index >= 15 is 0 Å². The van der Waals surface area contributed by atoms with Gasteiger partial charge in [-0.25, -0.2) is 4.85 Å². The molecule has 0 spiro atoms. The quantitative estimate of drug-likeness (QED) is 0.331. The van der Waals surface area contributed by atoms with Gasteiger partial charge in [0, 0.05) is 0 Å². The highest BCUT2D eigenvalue weighted by Gasteiger charge is 1.92. The topological polar surface area (TPSA) is 4.36 Å². The van der Waals surface area contributed by atoms with Crippen molar-refractivity contribution in [2.24, 2.45) is 0 Å². The lowest BCUT2D eigenvalue weighted by Crippen LogP contribution is -1.84. The first kappa shape index (κ1) is 8.58. The summed E-state index contributed by atoms with van der Waals surface area (Å²) in [4.78, 5) is 3.67. The third-order valence-corrected chi connectivity index (χ3v) is 1.41. The Hall–Kier alpha value is -0.420. The summed E-state index contributed by atoms with van der Waals surface area (Å²) in [6, 6.07) is 0. The van der Waals surface area contributed by atoms with Gasteiger partial charge in [-0.1, -0.05) is 26.2 Å². The van der Waals surface area contributed by atoms with E-state index in [0.29, 0.717) is 4.99 Å². The van der Waals surface area contributed by atoms with Gasteiger partial charge >= 0.3 is 0 Å². The third-order valence-electron chi connectivity index (χ3n) is 1.12. The Morgan fingerprint density at radius 1 is 1.56 bits per heavy atom. The monoisotopic (exact) mass is 141 g/mol. The molecule has 0 heterocycles. The average molecular weight is 141 g/mol. The van der Waals surface area contributed by atoms with Gasteiger partial charge < -0.3 is 0 Å². The Morgan fingerprint density at radius 3 is 2.67 bits per heavy atom. The van der Waals surface area contributed by atoms with Crippen LogP contribution in [0, 0.1) is 6.57 Å². The van der Waals surface area contributed by atoms with Crippen LogP contribution < -0.4 is 0 Å². The van der Waals surface area contributed by atoms with E-state index < -0.39 is 0 Å². The molecule has 0 aliphatic carbocycles. The molecule has 0 aliphatic rings. The van der Waals surface area contributed by atoms with Crippen LogP contribution in [-0.2, 0) is 0 Å². The molecule has 0 saturated heterocycles. The van der Waals surface area contributed by atoms with Crippen LogP contribution in [0.25, 0.3) is 4.85 Å². The van der Waals surface area contributed by atoms with Crippen molar-refractivity contribution in [3.8, 4) is 0 Å². The predicted molar refractivity (Wildman–Crippen MR) is 43.3 cm³/mol. The van der Waals surface area contributed by atoms with Crippen molar-refractivity contribution in [3.63, 3.8) is 0 Å². The standard InChI is InChI=1S/C7H11NS/c1-3-4-5-6-7(9)8-2/h3-6H2,1H3. The molecular weight excluding hydrogens is 130 g/mol. The predicted octanol–water partition coefficient (Wildman–Crippen LogP) is 2.81. The molecule has 0 bridgehead atoms. The number of unbranched alkanes of at least 4 members (excludes halogenated alkanes) is 2. The Morgan fingerprint density at radius 2 is 2.22 bits per heavy atom. The van der Waals surface area contributed by atoms with Gasteiger partial charge in [0.2, 0.25) is 4.99 Å². The van der Waals surface area contributed by atoms with Crippen LogP contribution in [0.15, 0.2) is 0 Å². The number of nitrogens with zero attached hydrogens (tertiary/aromatic N) is 1. The zero-order chi connectivity index (χ0) is 7.11. The maximum Gasteiger partial charge on any atom is 0.227 e. The largest absolute Gasteiger partial charge is 0.231 e. The van der Waals surface area contributed by atoms with Crippen molar-refractivity contribution in [2.75, 3.05) is 0 Å². The lowest BCUT2D eigenvalue weighted by atomic mass is 10.2. The molecule has 2 heteroatoms. The highest BCUT2D eigenvalue weighted by Crippen LogP contribution is 2.00. The van der Waals surface area contributed by atoms with Crippen LogP contribution in [0.4, 0.5) is 0 Å². The first-order chi connectivity index (χ1) is 4.31. The maximum atomic E-state index is 6.53. The van der Waals surface area contributed by atoms with Gasteiger partial charge in [0.15, 0.2) is 0 Å². The molecule has 0 aromatic heterocycles. The molecule has 1 nitrogen and oxygen atoms in total. The fourth-order valence-electron chi connectivity index (χ4n) is 0.582. The van der Waals surface area contributed by atoms with E-state index in [1.165, 1.54) is 12.8 Å². The lowest BCUT2D eigenvalue weighted by molar-refractivity contribution is 0.745.